The Labute approximate surface area is 152 Å². The number of anilines is 1. The number of amides is 2. The van der Waals surface area contributed by atoms with Gasteiger partial charge in [-0.1, -0.05) is 24.3 Å². The molecule has 2 aliphatic rings. The molecule has 5 heteroatoms. The van der Waals surface area contributed by atoms with Crippen LogP contribution >= 0.6 is 0 Å². The van der Waals surface area contributed by atoms with Gasteiger partial charge >= 0.3 is 0 Å². The van der Waals surface area contributed by atoms with E-state index in [1.165, 1.54) is 6.08 Å². The fourth-order valence-corrected chi connectivity index (χ4v) is 3.84. The molecule has 4 rings (SSSR count). The van der Waals surface area contributed by atoms with Crippen LogP contribution in [0.3, 0.4) is 0 Å². The highest BCUT2D eigenvalue weighted by Gasteiger charge is 2.60. The van der Waals surface area contributed by atoms with Crippen LogP contribution in [-0.4, -0.2) is 29.9 Å². The number of carbonyl (C=O) groups is 2. The number of piperidine rings is 1. The maximum Gasteiger partial charge on any atom is 0.244 e. The predicted octanol–water partition coefficient (Wildman–Crippen LogP) is 2.51. The molecule has 3 atom stereocenters. The van der Waals surface area contributed by atoms with E-state index >= 15 is 0 Å². The summed E-state index contributed by atoms with van der Waals surface area (Å²) in [4.78, 5) is 30.3. The number of nitrogens with one attached hydrogen (secondary N) is 1. The molecule has 2 amide bonds. The summed E-state index contributed by atoms with van der Waals surface area (Å²) in [6, 6.07) is 13.6. The zero-order chi connectivity index (χ0) is 17.9. The van der Waals surface area contributed by atoms with Gasteiger partial charge in [0.15, 0.2) is 0 Å². The van der Waals surface area contributed by atoms with E-state index in [4.69, 9.17) is 0 Å². The summed E-state index contributed by atoms with van der Waals surface area (Å²) in [6.07, 6.45) is 7.53. The second-order valence-corrected chi connectivity index (χ2v) is 6.84. The fraction of sp³-hybridized carbons (Fsp3) is 0.286. The van der Waals surface area contributed by atoms with Crippen LogP contribution < -0.4 is 10.2 Å². The van der Waals surface area contributed by atoms with Crippen molar-refractivity contribution >= 4 is 23.6 Å². The third kappa shape index (κ3) is 3.38. The topological polar surface area (TPSA) is 62.3 Å². The van der Waals surface area contributed by atoms with E-state index in [0.717, 1.165) is 24.2 Å². The lowest BCUT2D eigenvalue weighted by atomic mass is 10.1. The third-order valence-electron chi connectivity index (χ3n) is 5.23. The van der Waals surface area contributed by atoms with Gasteiger partial charge in [-0.05, 0) is 48.1 Å². The van der Waals surface area contributed by atoms with Crippen molar-refractivity contribution in [2.24, 2.45) is 17.8 Å². The van der Waals surface area contributed by atoms with Crippen molar-refractivity contribution in [2.45, 2.75) is 6.42 Å². The molecule has 2 fully saturated rings. The molecule has 0 bridgehead atoms. The minimum Gasteiger partial charge on any atom is -0.353 e. The third-order valence-corrected chi connectivity index (χ3v) is 5.23. The van der Waals surface area contributed by atoms with Crippen LogP contribution in [0.4, 0.5) is 5.69 Å². The smallest absolute Gasteiger partial charge is 0.244 e. The highest BCUT2D eigenvalue weighted by atomic mass is 16.2. The maximum atomic E-state index is 12.5. The Bertz CT molecular complexity index is 820. The minimum absolute atomic E-state index is 0.114. The average molecular weight is 347 g/mol. The highest BCUT2D eigenvalue weighted by Crippen LogP contribution is 2.54. The number of aromatic nitrogens is 1. The summed E-state index contributed by atoms with van der Waals surface area (Å²) in [5.74, 6) is 1.10. The quantitative estimate of drug-likeness (QED) is 0.817. The Hall–Kier alpha value is -2.95. The van der Waals surface area contributed by atoms with Gasteiger partial charge in [-0.25, -0.2) is 0 Å². The van der Waals surface area contributed by atoms with Crippen LogP contribution in [0.1, 0.15) is 12.0 Å². The molecule has 1 saturated heterocycles. The second kappa shape index (κ2) is 7.12. The lowest BCUT2D eigenvalue weighted by molar-refractivity contribution is -0.119. The summed E-state index contributed by atoms with van der Waals surface area (Å²) in [5.41, 5.74) is 1.88. The summed E-state index contributed by atoms with van der Waals surface area (Å²) in [5, 5.41) is 2.90. The van der Waals surface area contributed by atoms with E-state index < -0.39 is 0 Å². The van der Waals surface area contributed by atoms with Gasteiger partial charge in [0.1, 0.15) is 0 Å². The second-order valence-electron chi connectivity index (χ2n) is 6.84. The van der Waals surface area contributed by atoms with Crippen LogP contribution in [-0.2, 0) is 9.59 Å². The molecule has 1 N–H and O–H groups in total. The molecule has 132 valence electrons. The molecule has 0 radical (unpaired) electrons. The van der Waals surface area contributed by atoms with Crippen LogP contribution in [0, 0.1) is 17.8 Å². The number of hydrogen-bond acceptors (Lipinski definition) is 3. The van der Waals surface area contributed by atoms with Crippen molar-refractivity contribution in [3.05, 3.63) is 66.5 Å². The van der Waals surface area contributed by atoms with E-state index in [9.17, 15) is 9.59 Å². The number of hydrogen-bond donors (Lipinski definition) is 1. The monoisotopic (exact) mass is 347 g/mol. The largest absolute Gasteiger partial charge is 0.353 e. The molecule has 0 spiro atoms. The first-order valence-corrected chi connectivity index (χ1v) is 8.96. The number of carbonyl (C=O) groups excluding carboxylic acids is 2. The van der Waals surface area contributed by atoms with E-state index in [1.54, 1.807) is 18.5 Å². The van der Waals surface area contributed by atoms with E-state index in [1.807, 2.05) is 47.4 Å². The maximum absolute atomic E-state index is 12.5. The van der Waals surface area contributed by atoms with Gasteiger partial charge in [-0.3, -0.25) is 14.6 Å². The number of pyridine rings is 1. The number of nitrogens with zero attached hydrogens (tertiary/aromatic N) is 2. The Kier molecular flexibility index (Phi) is 4.52. The van der Waals surface area contributed by atoms with Gasteiger partial charge in [-0.2, -0.15) is 0 Å². The Morgan fingerprint density at radius 2 is 2.08 bits per heavy atom. The highest BCUT2D eigenvalue weighted by molar-refractivity contribution is 6.00. The fourth-order valence-electron chi connectivity index (χ4n) is 3.84. The average Bonchev–Trinajstić information content (AvgIpc) is 3.26. The Morgan fingerprint density at radius 3 is 2.77 bits per heavy atom. The lowest BCUT2D eigenvalue weighted by Gasteiger charge is -2.20. The van der Waals surface area contributed by atoms with Crippen molar-refractivity contribution < 1.29 is 9.59 Å². The van der Waals surface area contributed by atoms with Crippen molar-refractivity contribution in [1.82, 2.24) is 10.3 Å². The van der Waals surface area contributed by atoms with Gasteiger partial charge in [0.25, 0.3) is 0 Å². The Morgan fingerprint density at radius 1 is 1.23 bits per heavy atom. The van der Waals surface area contributed by atoms with Crippen LogP contribution in [0.25, 0.3) is 6.08 Å². The van der Waals surface area contributed by atoms with Crippen molar-refractivity contribution in [3.63, 3.8) is 0 Å². The van der Waals surface area contributed by atoms with E-state index in [2.05, 4.69) is 10.3 Å². The van der Waals surface area contributed by atoms with Gasteiger partial charge < -0.3 is 10.2 Å². The number of fused-ring (bicyclic) bond motifs is 1. The molecule has 2 aromatic rings. The summed E-state index contributed by atoms with van der Waals surface area (Å²) < 4.78 is 0. The zero-order valence-electron chi connectivity index (χ0n) is 14.4. The Balaban J connectivity index is 1.21. The van der Waals surface area contributed by atoms with Crippen molar-refractivity contribution in [1.29, 1.82) is 0 Å². The predicted molar refractivity (Wildman–Crippen MR) is 100 cm³/mol. The van der Waals surface area contributed by atoms with Gasteiger partial charge in [-0.15, -0.1) is 0 Å². The molecule has 1 aromatic heterocycles. The van der Waals surface area contributed by atoms with Gasteiger partial charge in [0.2, 0.25) is 11.8 Å². The van der Waals surface area contributed by atoms with Gasteiger partial charge in [0.05, 0.1) is 0 Å². The molecule has 2 heterocycles. The van der Waals surface area contributed by atoms with Crippen molar-refractivity contribution in [3.8, 4) is 0 Å². The lowest BCUT2D eigenvalue weighted by Crippen LogP contribution is -2.30. The first-order chi connectivity index (χ1) is 12.7. The van der Waals surface area contributed by atoms with Gasteiger partial charge in [0, 0.05) is 43.2 Å². The first kappa shape index (κ1) is 16.5. The minimum atomic E-state index is -0.114. The zero-order valence-corrected chi connectivity index (χ0v) is 14.4. The number of benzene rings is 1. The van der Waals surface area contributed by atoms with Crippen LogP contribution in [0.5, 0.6) is 0 Å². The molecule has 1 aliphatic carbocycles. The molecular weight excluding hydrogens is 326 g/mol. The molecular formula is C21H21N3O2. The summed E-state index contributed by atoms with van der Waals surface area (Å²) >= 11 is 0. The molecule has 1 saturated carbocycles. The molecule has 1 aliphatic heterocycles. The van der Waals surface area contributed by atoms with E-state index in [0.29, 0.717) is 18.4 Å². The summed E-state index contributed by atoms with van der Waals surface area (Å²) in [6.45, 7) is 1.40. The number of para-hydroxylation sites is 1. The number of rotatable bonds is 6. The van der Waals surface area contributed by atoms with E-state index in [-0.39, 0.29) is 17.7 Å². The van der Waals surface area contributed by atoms with Crippen LogP contribution in [0.2, 0.25) is 0 Å². The molecule has 1 aromatic carbocycles. The molecule has 5 nitrogen and oxygen atoms in total. The van der Waals surface area contributed by atoms with Crippen LogP contribution in [0.15, 0.2) is 60.9 Å². The van der Waals surface area contributed by atoms with Crippen molar-refractivity contribution in [2.75, 3.05) is 18.0 Å². The first-order valence-electron chi connectivity index (χ1n) is 8.96. The molecule has 26 heavy (non-hydrogen) atoms. The molecule has 3 unspecified atom stereocenters. The SMILES string of the molecule is O=C(/C=C/c1cccnc1)NCCC1C2CN(c3ccccc3)C(=O)C12. The summed E-state index contributed by atoms with van der Waals surface area (Å²) in [7, 11) is 0. The standard InChI is InChI=1S/C21H21N3O2/c25-19(9-8-15-5-4-11-22-13-15)23-12-10-17-18-14-24(21(26)20(17)18)16-6-2-1-3-7-16/h1-9,11,13,17-18,20H,10,12,14H2,(H,23,25)/b9-8+. The normalized spacial score (nSPS) is 23.9.